The molecule has 40 heavy (non-hydrogen) atoms. The SMILES string of the molecule is Cc1nn(-c2ccc(Br)cc2)c(C)c1C(=O)N1CCCC(CCn2cc(-c3ccnn3C3CC3(F)F)nn2)CC1. The van der Waals surface area contributed by atoms with Crippen molar-refractivity contribution in [3.05, 3.63) is 64.1 Å². The fraction of sp³-hybridized carbons (Fsp3) is 0.464. The van der Waals surface area contributed by atoms with Crippen LogP contribution in [0, 0.1) is 19.8 Å². The van der Waals surface area contributed by atoms with Gasteiger partial charge in [0.05, 0.1) is 34.5 Å². The van der Waals surface area contributed by atoms with Gasteiger partial charge in [0, 0.05) is 36.7 Å². The van der Waals surface area contributed by atoms with E-state index in [9.17, 15) is 13.6 Å². The standard InChI is InChI=1S/C28H31BrF2N8O/c1-18-26(19(2)38(34-18)22-7-5-21(29)6-8-22)27(40)36-13-3-4-20(10-14-36)11-15-37-17-23(33-35-37)24-9-12-32-39(24)25-16-28(25,30)31/h5-9,12,17,20,25H,3-4,10-11,13-16H2,1-2H3. The molecule has 210 valence electrons. The van der Waals surface area contributed by atoms with Gasteiger partial charge in [-0.05, 0) is 75.8 Å². The number of rotatable bonds is 7. The van der Waals surface area contributed by atoms with Crippen LogP contribution in [-0.4, -0.2) is 64.4 Å². The lowest BCUT2D eigenvalue weighted by Crippen LogP contribution is -2.32. The van der Waals surface area contributed by atoms with E-state index in [0.29, 0.717) is 36.0 Å². The van der Waals surface area contributed by atoms with Crippen molar-refractivity contribution < 1.29 is 13.6 Å². The minimum absolute atomic E-state index is 0.0396. The first-order valence-corrected chi connectivity index (χ1v) is 14.4. The highest BCUT2D eigenvalue weighted by Crippen LogP contribution is 2.53. The molecule has 4 aromatic rings. The zero-order valence-corrected chi connectivity index (χ0v) is 24.1. The van der Waals surface area contributed by atoms with Crippen molar-refractivity contribution >= 4 is 21.8 Å². The molecule has 3 aromatic heterocycles. The lowest BCUT2D eigenvalue weighted by atomic mass is 9.97. The zero-order chi connectivity index (χ0) is 28.0. The molecule has 2 fully saturated rings. The number of carbonyl (C=O) groups excluding carboxylic acids is 1. The monoisotopic (exact) mass is 612 g/mol. The number of amides is 1. The van der Waals surface area contributed by atoms with Gasteiger partial charge in [-0.3, -0.25) is 14.2 Å². The predicted octanol–water partition coefficient (Wildman–Crippen LogP) is 5.62. The van der Waals surface area contributed by atoms with Crippen LogP contribution in [0.2, 0.25) is 0 Å². The fourth-order valence-electron chi connectivity index (χ4n) is 5.67. The van der Waals surface area contributed by atoms with E-state index in [2.05, 4.69) is 36.4 Å². The Morgan fingerprint density at radius 1 is 1.12 bits per heavy atom. The van der Waals surface area contributed by atoms with Crippen molar-refractivity contribution in [3.63, 3.8) is 0 Å². The van der Waals surface area contributed by atoms with Gasteiger partial charge in [0.1, 0.15) is 11.7 Å². The lowest BCUT2D eigenvalue weighted by Gasteiger charge is -2.21. The molecule has 6 rings (SSSR count). The second-order valence-electron chi connectivity index (χ2n) is 10.8. The number of halogens is 3. The number of likely N-dealkylation sites (tertiary alicyclic amines) is 1. The Morgan fingerprint density at radius 3 is 2.65 bits per heavy atom. The molecule has 1 aliphatic heterocycles. The van der Waals surface area contributed by atoms with Crippen LogP contribution in [-0.2, 0) is 6.54 Å². The van der Waals surface area contributed by atoms with Gasteiger partial charge < -0.3 is 4.90 Å². The minimum Gasteiger partial charge on any atom is -0.339 e. The molecule has 2 atom stereocenters. The van der Waals surface area contributed by atoms with E-state index >= 15 is 0 Å². The molecule has 9 nitrogen and oxygen atoms in total. The number of hydrogen-bond donors (Lipinski definition) is 0. The zero-order valence-electron chi connectivity index (χ0n) is 22.5. The van der Waals surface area contributed by atoms with Crippen molar-refractivity contribution in [2.75, 3.05) is 13.1 Å². The summed E-state index contributed by atoms with van der Waals surface area (Å²) in [6.07, 6.45) is 6.92. The normalized spacial score (nSPS) is 20.5. The average Bonchev–Trinajstić information content (AvgIpc) is 3.27. The highest BCUT2D eigenvalue weighted by molar-refractivity contribution is 9.10. The third-order valence-corrected chi connectivity index (χ3v) is 8.57. The number of aryl methyl sites for hydroxylation is 2. The third kappa shape index (κ3) is 5.21. The molecule has 4 heterocycles. The van der Waals surface area contributed by atoms with Gasteiger partial charge >= 0.3 is 0 Å². The predicted molar refractivity (Wildman–Crippen MR) is 148 cm³/mol. The van der Waals surface area contributed by atoms with Gasteiger partial charge in [-0.2, -0.15) is 10.2 Å². The second-order valence-corrected chi connectivity index (χ2v) is 11.7. The Kier molecular flexibility index (Phi) is 7.05. The van der Waals surface area contributed by atoms with E-state index in [1.807, 2.05) is 47.7 Å². The van der Waals surface area contributed by atoms with Gasteiger partial charge in [0.25, 0.3) is 11.8 Å². The Hall–Kier alpha value is -3.41. The van der Waals surface area contributed by atoms with Crippen molar-refractivity contribution in [3.8, 4) is 17.1 Å². The van der Waals surface area contributed by atoms with E-state index in [-0.39, 0.29) is 12.3 Å². The van der Waals surface area contributed by atoms with Crippen LogP contribution in [0.4, 0.5) is 8.78 Å². The van der Waals surface area contributed by atoms with Crippen molar-refractivity contribution in [2.45, 2.75) is 64.5 Å². The van der Waals surface area contributed by atoms with Crippen molar-refractivity contribution in [2.24, 2.45) is 5.92 Å². The molecular weight excluding hydrogens is 582 g/mol. The molecule has 1 amide bonds. The molecule has 0 N–H and O–H groups in total. The van der Waals surface area contributed by atoms with Crippen LogP contribution in [0.1, 0.15) is 59.9 Å². The number of aromatic nitrogens is 7. The van der Waals surface area contributed by atoms with Crippen molar-refractivity contribution in [1.82, 2.24) is 39.5 Å². The van der Waals surface area contributed by atoms with E-state index in [1.165, 1.54) is 10.9 Å². The molecule has 0 bridgehead atoms. The Bertz CT molecular complexity index is 1530. The Morgan fingerprint density at radius 2 is 1.90 bits per heavy atom. The minimum atomic E-state index is -2.71. The molecule has 2 unspecified atom stereocenters. The first-order valence-electron chi connectivity index (χ1n) is 13.6. The van der Waals surface area contributed by atoms with Crippen molar-refractivity contribution in [1.29, 1.82) is 0 Å². The number of nitrogens with zero attached hydrogens (tertiary/aromatic N) is 8. The molecular formula is C28H31BrF2N8O. The summed E-state index contributed by atoms with van der Waals surface area (Å²) in [5.41, 5.74) is 4.29. The molecule has 1 saturated heterocycles. The summed E-state index contributed by atoms with van der Waals surface area (Å²) in [4.78, 5) is 15.6. The molecule has 1 aliphatic carbocycles. The Labute approximate surface area is 239 Å². The maximum atomic E-state index is 13.6. The first kappa shape index (κ1) is 26.8. The van der Waals surface area contributed by atoms with E-state index in [1.54, 1.807) is 16.9 Å². The second kappa shape index (κ2) is 10.5. The number of benzene rings is 1. The van der Waals surface area contributed by atoms with Crippen LogP contribution in [0.3, 0.4) is 0 Å². The topological polar surface area (TPSA) is 86.7 Å². The molecule has 1 aromatic carbocycles. The van der Waals surface area contributed by atoms with Crippen LogP contribution in [0.25, 0.3) is 17.1 Å². The Balaban J connectivity index is 1.06. The van der Waals surface area contributed by atoms with Crippen LogP contribution in [0.5, 0.6) is 0 Å². The highest BCUT2D eigenvalue weighted by Gasteiger charge is 2.59. The van der Waals surface area contributed by atoms with Crippen LogP contribution >= 0.6 is 15.9 Å². The van der Waals surface area contributed by atoms with Gasteiger partial charge in [0.15, 0.2) is 0 Å². The summed E-state index contributed by atoms with van der Waals surface area (Å²) in [6.45, 7) is 5.94. The summed E-state index contributed by atoms with van der Waals surface area (Å²) in [5.74, 6) is -2.21. The number of alkyl halides is 2. The summed E-state index contributed by atoms with van der Waals surface area (Å²) >= 11 is 3.47. The fourth-order valence-corrected chi connectivity index (χ4v) is 5.94. The lowest BCUT2D eigenvalue weighted by molar-refractivity contribution is 0.0758. The molecule has 12 heteroatoms. The van der Waals surface area contributed by atoms with Gasteiger partial charge in [-0.15, -0.1) is 5.10 Å². The van der Waals surface area contributed by atoms with Crippen LogP contribution < -0.4 is 0 Å². The maximum Gasteiger partial charge on any atom is 0.272 e. The largest absolute Gasteiger partial charge is 0.339 e. The smallest absolute Gasteiger partial charge is 0.272 e. The number of hydrogen-bond acceptors (Lipinski definition) is 5. The highest BCUT2D eigenvalue weighted by atomic mass is 79.9. The summed E-state index contributed by atoms with van der Waals surface area (Å²) in [6, 6.07) is 8.69. The van der Waals surface area contributed by atoms with Gasteiger partial charge in [0.2, 0.25) is 0 Å². The molecule has 1 saturated carbocycles. The van der Waals surface area contributed by atoms with E-state index < -0.39 is 12.0 Å². The molecule has 2 aliphatic rings. The van der Waals surface area contributed by atoms with E-state index in [0.717, 1.165) is 53.8 Å². The average molecular weight is 614 g/mol. The maximum absolute atomic E-state index is 13.6. The molecule has 0 spiro atoms. The first-order chi connectivity index (χ1) is 19.2. The van der Waals surface area contributed by atoms with Crippen LogP contribution in [0.15, 0.2) is 47.2 Å². The molecule has 0 radical (unpaired) electrons. The van der Waals surface area contributed by atoms with Gasteiger partial charge in [-0.1, -0.05) is 21.1 Å². The van der Waals surface area contributed by atoms with Gasteiger partial charge in [-0.25, -0.2) is 13.5 Å². The quantitative estimate of drug-likeness (QED) is 0.270. The summed E-state index contributed by atoms with van der Waals surface area (Å²) < 4.78 is 33.1. The van der Waals surface area contributed by atoms with E-state index in [4.69, 9.17) is 0 Å². The third-order valence-electron chi connectivity index (χ3n) is 8.04. The summed E-state index contributed by atoms with van der Waals surface area (Å²) in [5, 5.41) is 17.2. The summed E-state index contributed by atoms with van der Waals surface area (Å²) in [7, 11) is 0. The number of carbonyl (C=O) groups is 1.